The molecule has 4 nitrogen and oxygen atoms in total. The van der Waals surface area contributed by atoms with Crippen molar-refractivity contribution >= 4 is 23.0 Å². The lowest BCUT2D eigenvalue weighted by atomic mass is 10.1. The van der Waals surface area contributed by atoms with Gasteiger partial charge in [0.25, 0.3) is 0 Å². The van der Waals surface area contributed by atoms with Crippen LogP contribution >= 0.6 is 12.2 Å². The van der Waals surface area contributed by atoms with Gasteiger partial charge in [-0.05, 0) is 49.0 Å². The van der Waals surface area contributed by atoms with Gasteiger partial charge in [-0.3, -0.25) is 0 Å². The summed E-state index contributed by atoms with van der Waals surface area (Å²) in [4.78, 5) is 1.27. The quantitative estimate of drug-likeness (QED) is 0.690. The van der Waals surface area contributed by atoms with Crippen LogP contribution in [0.25, 0.3) is 0 Å². The van der Waals surface area contributed by atoms with Gasteiger partial charge in [-0.15, -0.1) is 0 Å². The molecule has 0 fully saturated rings. The molecule has 6 heteroatoms. The van der Waals surface area contributed by atoms with Crippen LogP contribution in [0.4, 0.5) is 10.1 Å². The lowest BCUT2D eigenvalue weighted by Crippen LogP contribution is -3.07. The molecule has 0 heterocycles. The van der Waals surface area contributed by atoms with Crippen molar-refractivity contribution in [1.29, 1.82) is 0 Å². The fraction of sp³-hybridized carbons (Fsp3) is 0.316. The molecule has 0 aliphatic rings. The van der Waals surface area contributed by atoms with E-state index in [0.29, 0.717) is 22.9 Å². The zero-order chi connectivity index (χ0) is 18.4. The van der Waals surface area contributed by atoms with Gasteiger partial charge in [0.2, 0.25) is 0 Å². The Balaban J connectivity index is 2.00. The zero-order valence-electron chi connectivity index (χ0n) is 15.0. The lowest BCUT2D eigenvalue weighted by molar-refractivity contribution is -0.890. The first-order valence-corrected chi connectivity index (χ1v) is 8.56. The Morgan fingerprint density at radius 3 is 2.64 bits per heavy atom. The Morgan fingerprint density at radius 1 is 1.24 bits per heavy atom. The maximum absolute atomic E-state index is 13.6. The average molecular weight is 362 g/mol. The molecule has 0 spiro atoms. The van der Waals surface area contributed by atoms with Gasteiger partial charge in [-0.25, -0.2) is 4.39 Å². The molecule has 0 saturated carbocycles. The van der Waals surface area contributed by atoms with Gasteiger partial charge in [-0.2, -0.15) is 0 Å². The Kier molecular flexibility index (Phi) is 6.73. The highest BCUT2D eigenvalue weighted by Crippen LogP contribution is 2.17. The summed E-state index contributed by atoms with van der Waals surface area (Å²) in [5.41, 5.74) is 2.41. The predicted octanol–water partition coefficient (Wildman–Crippen LogP) is 2.31. The molecule has 0 bridgehead atoms. The molecule has 134 valence electrons. The summed E-state index contributed by atoms with van der Waals surface area (Å²) in [5, 5.41) is 6.71. The minimum atomic E-state index is -0.250. The number of ether oxygens (including phenoxy) is 1. The molecule has 2 rings (SSSR count). The molecule has 0 amide bonds. The van der Waals surface area contributed by atoms with Crippen molar-refractivity contribution in [2.45, 2.75) is 13.0 Å². The maximum atomic E-state index is 13.6. The third kappa shape index (κ3) is 5.41. The van der Waals surface area contributed by atoms with Crippen molar-refractivity contribution in [2.75, 3.05) is 33.1 Å². The van der Waals surface area contributed by atoms with Crippen LogP contribution in [0.3, 0.4) is 0 Å². The number of benzene rings is 2. The number of aryl methyl sites for hydroxylation is 1. The van der Waals surface area contributed by atoms with E-state index in [0.717, 1.165) is 11.3 Å². The summed E-state index contributed by atoms with van der Waals surface area (Å²) in [7, 11) is 5.85. The van der Waals surface area contributed by atoms with E-state index in [1.54, 1.807) is 20.1 Å². The molecule has 3 N–H and O–H groups in total. The summed E-state index contributed by atoms with van der Waals surface area (Å²) in [5.74, 6) is 0.583. The number of quaternary nitrogens is 1. The van der Waals surface area contributed by atoms with Gasteiger partial charge in [0.15, 0.2) is 5.11 Å². The van der Waals surface area contributed by atoms with Crippen LogP contribution in [-0.2, 0) is 0 Å². The van der Waals surface area contributed by atoms with Gasteiger partial charge in [0.1, 0.15) is 17.6 Å². The van der Waals surface area contributed by atoms with Crippen LogP contribution in [0.5, 0.6) is 5.75 Å². The van der Waals surface area contributed by atoms with Crippen molar-refractivity contribution in [3.63, 3.8) is 0 Å². The second-order valence-corrected chi connectivity index (χ2v) is 6.61. The Morgan fingerprint density at radius 2 is 2.00 bits per heavy atom. The van der Waals surface area contributed by atoms with Crippen molar-refractivity contribution in [1.82, 2.24) is 5.32 Å². The Bertz CT molecular complexity index is 736. The third-order valence-corrected chi connectivity index (χ3v) is 4.34. The number of thiocarbonyl (C=S) groups is 1. The van der Waals surface area contributed by atoms with Gasteiger partial charge in [0, 0.05) is 11.3 Å². The fourth-order valence-corrected chi connectivity index (χ4v) is 2.76. The molecular weight excluding hydrogens is 337 g/mol. The number of anilines is 1. The van der Waals surface area contributed by atoms with Crippen molar-refractivity contribution in [2.24, 2.45) is 0 Å². The predicted molar refractivity (Wildman–Crippen MR) is 104 cm³/mol. The summed E-state index contributed by atoms with van der Waals surface area (Å²) in [6.07, 6.45) is 0. The van der Waals surface area contributed by atoms with Crippen LogP contribution in [0.2, 0.25) is 0 Å². The number of hydrogen-bond donors (Lipinski definition) is 3. The fourth-order valence-electron chi connectivity index (χ4n) is 2.55. The van der Waals surface area contributed by atoms with E-state index in [9.17, 15) is 4.39 Å². The molecule has 0 unspecified atom stereocenters. The van der Waals surface area contributed by atoms with Crippen molar-refractivity contribution in [3.8, 4) is 5.75 Å². The number of hydrogen-bond acceptors (Lipinski definition) is 2. The SMILES string of the molecule is COc1cccc([C@H](CNC(=S)Nc2ccc(C)c(F)c2)[NH+](C)C)c1. The molecule has 0 aromatic heterocycles. The number of likely N-dealkylation sites (N-methyl/N-ethyl adjacent to an activating group) is 1. The van der Waals surface area contributed by atoms with E-state index < -0.39 is 0 Å². The van der Waals surface area contributed by atoms with E-state index in [2.05, 4.69) is 30.8 Å². The molecule has 0 saturated heterocycles. The molecule has 2 aromatic rings. The highest BCUT2D eigenvalue weighted by Gasteiger charge is 2.18. The lowest BCUT2D eigenvalue weighted by Gasteiger charge is -2.23. The van der Waals surface area contributed by atoms with Crippen molar-refractivity contribution < 1.29 is 14.0 Å². The summed E-state index contributed by atoms with van der Waals surface area (Å²) in [6, 6.07) is 13.2. The maximum Gasteiger partial charge on any atom is 0.171 e. The van der Waals surface area contributed by atoms with E-state index in [-0.39, 0.29) is 11.9 Å². The van der Waals surface area contributed by atoms with Gasteiger partial charge < -0.3 is 20.3 Å². The van der Waals surface area contributed by atoms with E-state index in [1.807, 2.05) is 24.3 Å². The molecule has 0 aliphatic carbocycles. The second-order valence-electron chi connectivity index (χ2n) is 6.21. The Labute approximate surface area is 154 Å². The number of nitrogens with one attached hydrogen (secondary N) is 3. The van der Waals surface area contributed by atoms with E-state index in [4.69, 9.17) is 17.0 Å². The minimum Gasteiger partial charge on any atom is -0.497 e. The van der Waals surface area contributed by atoms with Gasteiger partial charge in [0.05, 0.1) is 27.7 Å². The highest BCUT2D eigenvalue weighted by molar-refractivity contribution is 7.80. The summed E-state index contributed by atoms with van der Waals surface area (Å²) in [6.45, 7) is 2.38. The molecule has 1 atom stereocenters. The van der Waals surface area contributed by atoms with Crippen LogP contribution < -0.4 is 20.3 Å². The molecular formula is C19H25FN3OS+. The third-order valence-electron chi connectivity index (χ3n) is 4.09. The first-order valence-electron chi connectivity index (χ1n) is 8.15. The van der Waals surface area contributed by atoms with Crippen LogP contribution in [0.15, 0.2) is 42.5 Å². The topological polar surface area (TPSA) is 37.7 Å². The van der Waals surface area contributed by atoms with Crippen LogP contribution in [0, 0.1) is 12.7 Å². The van der Waals surface area contributed by atoms with Crippen molar-refractivity contribution in [3.05, 3.63) is 59.4 Å². The first-order chi connectivity index (χ1) is 11.9. The smallest absolute Gasteiger partial charge is 0.171 e. The molecule has 2 aromatic carbocycles. The van der Waals surface area contributed by atoms with E-state index in [1.165, 1.54) is 11.0 Å². The van der Waals surface area contributed by atoms with Crippen LogP contribution in [-0.4, -0.2) is 32.9 Å². The molecule has 0 radical (unpaired) electrons. The monoisotopic (exact) mass is 362 g/mol. The van der Waals surface area contributed by atoms with Gasteiger partial charge in [-0.1, -0.05) is 18.2 Å². The van der Waals surface area contributed by atoms with Crippen LogP contribution in [0.1, 0.15) is 17.2 Å². The number of halogens is 1. The minimum absolute atomic E-state index is 0.199. The summed E-state index contributed by atoms with van der Waals surface area (Å²) >= 11 is 5.34. The number of rotatable bonds is 6. The normalized spacial score (nSPS) is 11.9. The zero-order valence-corrected chi connectivity index (χ0v) is 15.8. The average Bonchev–Trinajstić information content (AvgIpc) is 2.58. The first kappa shape index (κ1) is 19.1. The largest absolute Gasteiger partial charge is 0.497 e. The highest BCUT2D eigenvalue weighted by atomic mass is 32.1. The standard InChI is InChI=1S/C19H24FN3OS/c1-13-8-9-15(11-17(13)20)22-19(25)21-12-18(23(2)3)14-6-5-7-16(10-14)24-4/h5-11,18H,12H2,1-4H3,(H2,21,22,25)/p+1/t18-/m0/s1. The summed E-state index contributed by atoms with van der Waals surface area (Å²) < 4.78 is 18.9. The van der Waals surface area contributed by atoms with Gasteiger partial charge >= 0.3 is 0 Å². The second kappa shape index (κ2) is 8.78. The Hall–Kier alpha value is -2.18. The molecule has 0 aliphatic heterocycles. The number of methoxy groups -OCH3 is 1. The van der Waals surface area contributed by atoms with E-state index >= 15 is 0 Å². The molecule has 25 heavy (non-hydrogen) atoms.